The van der Waals surface area contributed by atoms with Crippen molar-refractivity contribution in [1.29, 1.82) is 0 Å². The zero-order valence-electron chi connectivity index (χ0n) is 17.3. The Balaban J connectivity index is 1.90. The molecular formula is C28H24N2. The normalized spacial score (nSPS) is 11.0. The zero-order chi connectivity index (χ0) is 20.5. The van der Waals surface area contributed by atoms with Crippen LogP contribution in [0.25, 0.3) is 21.5 Å². The molecule has 30 heavy (non-hydrogen) atoms. The molecule has 0 N–H and O–H groups in total. The summed E-state index contributed by atoms with van der Waals surface area (Å²) < 4.78 is 0. The lowest BCUT2D eigenvalue weighted by atomic mass is 9.96. The third kappa shape index (κ3) is 2.98. The maximum atomic E-state index is 2.31. The number of hydrogen-bond donors (Lipinski definition) is 0. The molecule has 0 unspecified atom stereocenters. The highest BCUT2D eigenvalue weighted by molar-refractivity contribution is 6.21. The van der Waals surface area contributed by atoms with E-state index < -0.39 is 0 Å². The van der Waals surface area contributed by atoms with Crippen LogP contribution in [0.1, 0.15) is 0 Å². The molecule has 0 aromatic heterocycles. The standard InChI is InChI=1S/C28H24N2/c1-29(21-13-5-3-6-14-21)27-25-19-11-9-17-23(25)24-18-10-12-20-26(24)28(27)30(2)22-15-7-4-8-16-22/h3-20H,1-2H3. The third-order valence-electron chi connectivity index (χ3n) is 5.84. The fourth-order valence-corrected chi connectivity index (χ4v) is 4.34. The summed E-state index contributed by atoms with van der Waals surface area (Å²) in [6.45, 7) is 0. The fraction of sp³-hybridized carbons (Fsp3) is 0.0714. The second-order valence-corrected chi connectivity index (χ2v) is 7.58. The van der Waals surface area contributed by atoms with E-state index in [2.05, 4.69) is 133 Å². The van der Waals surface area contributed by atoms with Crippen molar-refractivity contribution in [2.75, 3.05) is 23.9 Å². The van der Waals surface area contributed by atoms with Crippen molar-refractivity contribution in [3.05, 3.63) is 109 Å². The summed E-state index contributed by atoms with van der Waals surface area (Å²) in [5.41, 5.74) is 4.75. The van der Waals surface area contributed by atoms with Crippen LogP contribution in [0.15, 0.2) is 109 Å². The molecule has 0 amide bonds. The smallest absolute Gasteiger partial charge is 0.0735 e. The Morgan fingerprint density at radius 3 is 1.03 bits per heavy atom. The molecule has 0 heterocycles. The lowest BCUT2D eigenvalue weighted by molar-refractivity contribution is 1.17. The molecule has 0 aliphatic carbocycles. The Hall–Kier alpha value is -3.78. The fourth-order valence-electron chi connectivity index (χ4n) is 4.34. The van der Waals surface area contributed by atoms with E-state index in [4.69, 9.17) is 0 Å². The Kier molecular flexibility index (Phi) is 4.61. The average molecular weight is 389 g/mol. The number of benzene rings is 5. The maximum Gasteiger partial charge on any atom is 0.0735 e. The summed E-state index contributed by atoms with van der Waals surface area (Å²) in [4.78, 5) is 4.62. The first kappa shape index (κ1) is 18.3. The van der Waals surface area contributed by atoms with Crippen LogP contribution in [0.2, 0.25) is 0 Å². The van der Waals surface area contributed by atoms with Gasteiger partial charge in [0.2, 0.25) is 0 Å². The van der Waals surface area contributed by atoms with Crippen LogP contribution < -0.4 is 9.80 Å². The average Bonchev–Trinajstić information content (AvgIpc) is 2.83. The summed E-state index contributed by atoms with van der Waals surface area (Å²) in [6.07, 6.45) is 0. The SMILES string of the molecule is CN(c1ccccc1)c1c(N(C)c2ccccc2)c2ccccc2c2ccccc12. The van der Waals surface area contributed by atoms with Gasteiger partial charge in [0.25, 0.3) is 0 Å². The minimum Gasteiger partial charge on any atom is -0.342 e. The number of para-hydroxylation sites is 2. The molecular weight excluding hydrogens is 364 g/mol. The topological polar surface area (TPSA) is 6.48 Å². The molecule has 0 radical (unpaired) electrons. The van der Waals surface area contributed by atoms with Gasteiger partial charge in [0, 0.05) is 36.2 Å². The summed E-state index contributed by atoms with van der Waals surface area (Å²) in [5.74, 6) is 0. The molecule has 0 fully saturated rings. The monoisotopic (exact) mass is 388 g/mol. The Morgan fingerprint density at radius 1 is 0.367 bits per heavy atom. The van der Waals surface area contributed by atoms with Crippen LogP contribution in [0.5, 0.6) is 0 Å². The molecule has 0 atom stereocenters. The second-order valence-electron chi connectivity index (χ2n) is 7.58. The van der Waals surface area contributed by atoms with Gasteiger partial charge in [0.15, 0.2) is 0 Å². The van der Waals surface area contributed by atoms with Crippen molar-refractivity contribution >= 4 is 44.3 Å². The number of hydrogen-bond acceptors (Lipinski definition) is 2. The van der Waals surface area contributed by atoms with Crippen LogP contribution in [-0.4, -0.2) is 14.1 Å². The van der Waals surface area contributed by atoms with Crippen LogP contribution in [0.4, 0.5) is 22.7 Å². The van der Waals surface area contributed by atoms with Crippen LogP contribution >= 0.6 is 0 Å². The molecule has 5 aromatic rings. The van der Waals surface area contributed by atoms with Gasteiger partial charge in [-0.05, 0) is 35.0 Å². The molecule has 0 saturated heterocycles. The number of anilines is 4. The van der Waals surface area contributed by atoms with Gasteiger partial charge in [0.1, 0.15) is 0 Å². The van der Waals surface area contributed by atoms with E-state index in [9.17, 15) is 0 Å². The van der Waals surface area contributed by atoms with Gasteiger partial charge in [0.05, 0.1) is 11.4 Å². The van der Waals surface area contributed by atoms with E-state index in [1.54, 1.807) is 0 Å². The van der Waals surface area contributed by atoms with Gasteiger partial charge in [-0.2, -0.15) is 0 Å². The predicted octanol–water partition coefficient (Wildman–Crippen LogP) is 7.53. The van der Waals surface area contributed by atoms with Crippen molar-refractivity contribution in [2.24, 2.45) is 0 Å². The van der Waals surface area contributed by atoms with Crippen molar-refractivity contribution in [1.82, 2.24) is 0 Å². The minimum absolute atomic E-state index is 1.17. The van der Waals surface area contributed by atoms with Crippen molar-refractivity contribution in [3.8, 4) is 0 Å². The van der Waals surface area contributed by atoms with Crippen LogP contribution in [-0.2, 0) is 0 Å². The lowest BCUT2D eigenvalue weighted by Gasteiger charge is -2.31. The van der Waals surface area contributed by atoms with E-state index in [0.29, 0.717) is 0 Å². The number of nitrogens with zero attached hydrogens (tertiary/aromatic N) is 2. The molecule has 146 valence electrons. The third-order valence-corrected chi connectivity index (χ3v) is 5.84. The molecule has 0 spiro atoms. The van der Waals surface area contributed by atoms with Gasteiger partial charge in [-0.15, -0.1) is 0 Å². The van der Waals surface area contributed by atoms with Gasteiger partial charge >= 0.3 is 0 Å². The zero-order valence-corrected chi connectivity index (χ0v) is 17.3. The molecule has 0 saturated carbocycles. The Bertz CT molecular complexity index is 1210. The summed E-state index contributed by atoms with van der Waals surface area (Å²) in [6, 6.07) is 38.6. The van der Waals surface area contributed by atoms with E-state index in [1.165, 1.54) is 44.3 Å². The first-order valence-corrected chi connectivity index (χ1v) is 10.3. The van der Waals surface area contributed by atoms with E-state index in [-0.39, 0.29) is 0 Å². The summed E-state index contributed by atoms with van der Waals surface area (Å²) in [5, 5.41) is 5.05. The van der Waals surface area contributed by atoms with Crippen molar-refractivity contribution < 1.29 is 0 Å². The second kappa shape index (κ2) is 7.57. The molecule has 5 rings (SSSR count). The highest BCUT2D eigenvalue weighted by atomic mass is 15.2. The summed E-state index contributed by atoms with van der Waals surface area (Å²) in [7, 11) is 4.32. The summed E-state index contributed by atoms with van der Waals surface area (Å²) >= 11 is 0. The van der Waals surface area contributed by atoms with Gasteiger partial charge in [-0.3, -0.25) is 0 Å². The van der Waals surface area contributed by atoms with E-state index in [1.807, 2.05) is 0 Å². The maximum absolute atomic E-state index is 2.31. The van der Waals surface area contributed by atoms with Gasteiger partial charge < -0.3 is 9.80 Å². The van der Waals surface area contributed by atoms with E-state index in [0.717, 1.165) is 0 Å². The van der Waals surface area contributed by atoms with Crippen molar-refractivity contribution in [2.45, 2.75) is 0 Å². The molecule has 0 aliphatic rings. The molecule has 0 aliphatic heterocycles. The molecule has 0 bridgehead atoms. The van der Waals surface area contributed by atoms with Crippen LogP contribution in [0.3, 0.4) is 0 Å². The largest absolute Gasteiger partial charge is 0.342 e. The quantitative estimate of drug-likeness (QED) is 0.232. The first-order valence-electron chi connectivity index (χ1n) is 10.3. The van der Waals surface area contributed by atoms with E-state index >= 15 is 0 Å². The van der Waals surface area contributed by atoms with Crippen molar-refractivity contribution in [3.63, 3.8) is 0 Å². The van der Waals surface area contributed by atoms with Gasteiger partial charge in [-0.25, -0.2) is 0 Å². The first-order chi connectivity index (χ1) is 14.8. The molecule has 2 heteroatoms. The molecule has 5 aromatic carbocycles. The Morgan fingerprint density at radius 2 is 0.667 bits per heavy atom. The van der Waals surface area contributed by atoms with Gasteiger partial charge in [-0.1, -0.05) is 84.9 Å². The number of fused-ring (bicyclic) bond motifs is 3. The highest BCUT2D eigenvalue weighted by Crippen LogP contribution is 2.47. The number of rotatable bonds is 4. The lowest BCUT2D eigenvalue weighted by Crippen LogP contribution is -2.17. The van der Waals surface area contributed by atoms with Crippen LogP contribution in [0, 0.1) is 0 Å². The minimum atomic E-state index is 1.17. The molecule has 2 nitrogen and oxygen atoms in total. The Labute approximate surface area is 177 Å². The highest BCUT2D eigenvalue weighted by Gasteiger charge is 2.21. The predicted molar refractivity (Wildman–Crippen MR) is 130 cm³/mol.